The van der Waals surface area contributed by atoms with E-state index in [1.165, 1.54) is 11.8 Å². The highest BCUT2D eigenvalue weighted by molar-refractivity contribution is 7.88. The summed E-state index contributed by atoms with van der Waals surface area (Å²) in [6.07, 6.45) is 8.02. The van der Waals surface area contributed by atoms with Crippen molar-refractivity contribution in [3.8, 4) is 0 Å². The van der Waals surface area contributed by atoms with Crippen LogP contribution in [0, 0.1) is 5.41 Å². The van der Waals surface area contributed by atoms with Gasteiger partial charge in [0.05, 0.1) is 12.9 Å². The van der Waals surface area contributed by atoms with Gasteiger partial charge in [-0.2, -0.15) is 4.31 Å². The molecule has 0 aliphatic carbocycles. The quantitative estimate of drug-likeness (QED) is 0.799. The SMILES string of the molecule is COCC1CC2(CCN(Cc3cccnc3)CC2)CN1S(C)(=O)=O. The van der Waals surface area contributed by atoms with Crippen LogP contribution in [0.4, 0.5) is 0 Å². The minimum Gasteiger partial charge on any atom is -0.383 e. The fraction of sp³-hybridized carbons (Fsp3) is 0.706. The van der Waals surface area contributed by atoms with Crippen molar-refractivity contribution in [1.29, 1.82) is 0 Å². The van der Waals surface area contributed by atoms with E-state index in [0.717, 1.165) is 38.9 Å². The van der Waals surface area contributed by atoms with Crippen molar-refractivity contribution in [1.82, 2.24) is 14.2 Å². The molecule has 7 heteroatoms. The van der Waals surface area contributed by atoms with Gasteiger partial charge in [-0.1, -0.05) is 6.07 Å². The van der Waals surface area contributed by atoms with Crippen LogP contribution in [-0.2, 0) is 21.3 Å². The van der Waals surface area contributed by atoms with Crippen molar-refractivity contribution < 1.29 is 13.2 Å². The number of ether oxygens (including phenoxy) is 1. The van der Waals surface area contributed by atoms with Gasteiger partial charge in [-0.25, -0.2) is 8.42 Å². The van der Waals surface area contributed by atoms with Crippen molar-refractivity contribution in [3.05, 3.63) is 30.1 Å². The highest BCUT2D eigenvalue weighted by atomic mass is 32.2. The molecule has 1 aromatic rings. The summed E-state index contributed by atoms with van der Waals surface area (Å²) in [5, 5.41) is 0. The number of rotatable bonds is 5. The first kappa shape index (κ1) is 17.8. The molecule has 0 N–H and O–H groups in total. The van der Waals surface area contributed by atoms with Gasteiger partial charge >= 0.3 is 0 Å². The summed E-state index contributed by atoms with van der Waals surface area (Å²) in [4.78, 5) is 6.62. The van der Waals surface area contributed by atoms with E-state index in [0.29, 0.717) is 13.2 Å². The second-order valence-corrected chi connectivity index (χ2v) is 9.19. The highest BCUT2D eigenvalue weighted by Crippen LogP contribution is 2.44. The van der Waals surface area contributed by atoms with Gasteiger partial charge < -0.3 is 4.74 Å². The molecule has 2 fully saturated rings. The van der Waals surface area contributed by atoms with Crippen LogP contribution in [0.5, 0.6) is 0 Å². The lowest BCUT2D eigenvalue weighted by Gasteiger charge is -2.39. The number of pyridine rings is 1. The number of sulfonamides is 1. The molecule has 0 aromatic carbocycles. The molecule has 134 valence electrons. The monoisotopic (exact) mass is 353 g/mol. The number of hydrogen-bond donors (Lipinski definition) is 0. The maximum atomic E-state index is 12.1. The van der Waals surface area contributed by atoms with E-state index >= 15 is 0 Å². The molecule has 2 aliphatic heterocycles. The van der Waals surface area contributed by atoms with Crippen molar-refractivity contribution >= 4 is 10.0 Å². The molecule has 6 nitrogen and oxygen atoms in total. The standard InChI is InChI=1S/C17H27N3O3S/c1-23-13-16-10-17(14-20(16)24(2,21)22)5-8-19(9-6-17)12-15-4-3-7-18-11-15/h3-4,7,11,16H,5-6,8-10,12-14H2,1-2H3. The second-order valence-electron chi connectivity index (χ2n) is 7.26. The van der Waals surface area contributed by atoms with Crippen molar-refractivity contribution in [2.24, 2.45) is 5.41 Å². The Bertz CT molecular complexity index is 642. The molecule has 1 atom stereocenters. The van der Waals surface area contributed by atoms with Gasteiger partial charge in [-0.05, 0) is 49.4 Å². The average Bonchev–Trinajstić information content (AvgIpc) is 2.90. The van der Waals surface area contributed by atoms with Crippen LogP contribution in [-0.4, -0.2) is 68.3 Å². The third-order valence-electron chi connectivity index (χ3n) is 5.40. The van der Waals surface area contributed by atoms with E-state index in [1.54, 1.807) is 17.6 Å². The summed E-state index contributed by atoms with van der Waals surface area (Å²) in [6.45, 7) is 4.05. The Balaban J connectivity index is 1.62. The predicted octanol–water partition coefficient (Wildman–Crippen LogP) is 1.34. The van der Waals surface area contributed by atoms with Gasteiger partial charge in [-0.3, -0.25) is 9.88 Å². The smallest absolute Gasteiger partial charge is 0.211 e. The summed E-state index contributed by atoms with van der Waals surface area (Å²) in [6, 6.07) is 4.05. The van der Waals surface area contributed by atoms with Gasteiger partial charge in [0.1, 0.15) is 0 Å². The number of piperidine rings is 1. The third-order valence-corrected chi connectivity index (χ3v) is 6.68. The first-order chi connectivity index (χ1) is 11.4. The molecular formula is C17H27N3O3S. The first-order valence-corrected chi connectivity index (χ1v) is 10.3. The van der Waals surface area contributed by atoms with Crippen LogP contribution < -0.4 is 0 Å². The normalized spacial score (nSPS) is 25.3. The van der Waals surface area contributed by atoms with E-state index in [4.69, 9.17) is 4.74 Å². The zero-order valence-corrected chi connectivity index (χ0v) is 15.3. The molecule has 3 rings (SSSR count). The van der Waals surface area contributed by atoms with Gasteiger partial charge in [0.15, 0.2) is 0 Å². The number of methoxy groups -OCH3 is 1. The Hall–Kier alpha value is -1.02. The van der Waals surface area contributed by atoms with Crippen LogP contribution in [0.15, 0.2) is 24.5 Å². The van der Waals surface area contributed by atoms with E-state index in [-0.39, 0.29) is 11.5 Å². The fourth-order valence-corrected chi connectivity index (χ4v) is 5.33. The lowest BCUT2D eigenvalue weighted by Crippen LogP contribution is -2.42. The van der Waals surface area contributed by atoms with Crippen LogP contribution in [0.3, 0.4) is 0 Å². The molecule has 0 radical (unpaired) electrons. The van der Waals surface area contributed by atoms with Gasteiger partial charge in [0.25, 0.3) is 0 Å². The van der Waals surface area contributed by atoms with E-state index in [2.05, 4.69) is 16.0 Å². The first-order valence-electron chi connectivity index (χ1n) is 8.49. The van der Waals surface area contributed by atoms with Gasteiger partial charge in [0, 0.05) is 38.6 Å². The highest BCUT2D eigenvalue weighted by Gasteiger charge is 2.48. The third kappa shape index (κ3) is 3.96. The van der Waals surface area contributed by atoms with Gasteiger partial charge in [0.2, 0.25) is 10.0 Å². The van der Waals surface area contributed by atoms with Gasteiger partial charge in [-0.15, -0.1) is 0 Å². The molecule has 0 saturated carbocycles. The van der Waals surface area contributed by atoms with Crippen LogP contribution in [0.1, 0.15) is 24.8 Å². The average molecular weight is 353 g/mol. The van der Waals surface area contributed by atoms with Crippen molar-refractivity contribution in [2.75, 3.05) is 39.6 Å². The summed E-state index contributed by atoms with van der Waals surface area (Å²) >= 11 is 0. The van der Waals surface area contributed by atoms with E-state index in [9.17, 15) is 8.42 Å². The lowest BCUT2D eigenvalue weighted by atomic mass is 9.76. The lowest BCUT2D eigenvalue weighted by molar-refractivity contribution is 0.105. The van der Waals surface area contributed by atoms with E-state index < -0.39 is 10.0 Å². The minimum absolute atomic E-state index is 0.0186. The zero-order chi connectivity index (χ0) is 17.2. The number of nitrogens with zero attached hydrogens (tertiary/aromatic N) is 3. The van der Waals surface area contributed by atoms with Crippen LogP contribution >= 0.6 is 0 Å². The summed E-state index contributed by atoms with van der Waals surface area (Å²) in [5.74, 6) is 0. The number of aromatic nitrogens is 1. The van der Waals surface area contributed by atoms with Crippen LogP contribution in [0.25, 0.3) is 0 Å². The molecular weight excluding hydrogens is 326 g/mol. The molecule has 3 heterocycles. The molecule has 0 bridgehead atoms. The second kappa shape index (κ2) is 7.07. The summed E-state index contributed by atoms with van der Waals surface area (Å²) < 4.78 is 31.1. The molecule has 0 amide bonds. The molecule has 1 aromatic heterocycles. The molecule has 2 aliphatic rings. The minimum atomic E-state index is -3.18. The zero-order valence-electron chi connectivity index (χ0n) is 14.5. The maximum Gasteiger partial charge on any atom is 0.211 e. The van der Waals surface area contributed by atoms with Crippen molar-refractivity contribution in [2.45, 2.75) is 31.8 Å². The Morgan fingerprint density at radius 3 is 2.71 bits per heavy atom. The Morgan fingerprint density at radius 1 is 1.38 bits per heavy atom. The van der Waals surface area contributed by atoms with Crippen molar-refractivity contribution in [3.63, 3.8) is 0 Å². The number of hydrogen-bond acceptors (Lipinski definition) is 5. The largest absolute Gasteiger partial charge is 0.383 e. The summed E-state index contributed by atoms with van der Waals surface area (Å²) in [5.41, 5.74) is 1.34. The predicted molar refractivity (Wildman–Crippen MR) is 93.0 cm³/mol. The fourth-order valence-electron chi connectivity index (χ4n) is 4.15. The Morgan fingerprint density at radius 2 is 2.12 bits per heavy atom. The molecule has 2 saturated heterocycles. The number of likely N-dealkylation sites (tertiary alicyclic amines) is 1. The Labute approximate surface area is 144 Å². The topological polar surface area (TPSA) is 62.7 Å². The summed E-state index contributed by atoms with van der Waals surface area (Å²) in [7, 11) is -1.54. The molecule has 1 unspecified atom stereocenters. The Kier molecular flexibility index (Phi) is 5.24. The van der Waals surface area contributed by atoms with Crippen LogP contribution in [0.2, 0.25) is 0 Å². The maximum absolute atomic E-state index is 12.1. The van der Waals surface area contributed by atoms with E-state index in [1.807, 2.05) is 12.3 Å². The molecule has 24 heavy (non-hydrogen) atoms. The molecule has 1 spiro atoms.